The topological polar surface area (TPSA) is 101 Å². The quantitative estimate of drug-likeness (QED) is 0.521. The molecule has 30 heavy (non-hydrogen) atoms. The van der Waals surface area contributed by atoms with Crippen molar-refractivity contribution in [2.24, 2.45) is 7.05 Å². The summed E-state index contributed by atoms with van der Waals surface area (Å²) >= 11 is 1.31. The predicted molar refractivity (Wildman–Crippen MR) is 116 cm³/mol. The van der Waals surface area contributed by atoms with Gasteiger partial charge in [0.1, 0.15) is 16.0 Å². The number of hydrogen-bond donors (Lipinski definition) is 2. The van der Waals surface area contributed by atoms with Crippen LogP contribution in [0.15, 0.2) is 18.6 Å². The molecule has 0 unspecified atom stereocenters. The molecule has 4 aromatic rings. The van der Waals surface area contributed by atoms with Gasteiger partial charge in [-0.05, 0) is 26.3 Å². The first-order chi connectivity index (χ1) is 14.5. The van der Waals surface area contributed by atoms with Crippen molar-refractivity contribution in [1.29, 1.82) is 0 Å². The fourth-order valence-electron chi connectivity index (χ4n) is 4.02. The summed E-state index contributed by atoms with van der Waals surface area (Å²) in [6, 6.07) is 2.06. The normalized spacial score (nSPS) is 16.8. The van der Waals surface area contributed by atoms with Gasteiger partial charge in [-0.2, -0.15) is 0 Å². The number of aryl methyl sites for hydroxylation is 3. The van der Waals surface area contributed by atoms with Crippen LogP contribution in [0.5, 0.6) is 0 Å². The number of carbonyl (C=O) groups excluding carboxylic acids is 1. The van der Waals surface area contributed by atoms with Crippen molar-refractivity contribution in [3.05, 3.63) is 29.2 Å². The number of imidazole rings is 1. The molecular formula is C20H23N7O2S. The number of β-amino-alcohol motifs (C(OH)–C–C–N with tert-alkyl or cyclic N) is 1. The molecule has 1 atom stereocenters. The third-order valence-corrected chi connectivity index (χ3v) is 6.64. The SMILES string of the molecule is CCn1ccc2c3c(ncn3C)c(Nc3nc(C)c(C(=O)N4CC[C@H](O)C4)s3)nc21. The van der Waals surface area contributed by atoms with E-state index in [1.54, 1.807) is 11.2 Å². The molecule has 0 aliphatic carbocycles. The molecule has 1 fully saturated rings. The summed E-state index contributed by atoms with van der Waals surface area (Å²) in [6.45, 7) is 5.67. The van der Waals surface area contributed by atoms with E-state index in [0.29, 0.717) is 41.0 Å². The van der Waals surface area contributed by atoms with Gasteiger partial charge in [0, 0.05) is 38.3 Å². The molecule has 10 heteroatoms. The zero-order valence-corrected chi connectivity index (χ0v) is 17.9. The van der Waals surface area contributed by atoms with Crippen LogP contribution in [-0.4, -0.2) is 59.2 Å². The minimum atomic E-state index is -0.442. The Morgan fingerprint density at radius 2 is 2.23 bits per heavy atom. The summed E-state index contributed by atoms with van der Waals surface area (Å²) < 4.78 is 4.08. The van der Waals surface area contributed by atoms with Gasteiger partial charge in [-0.3, -0.25) is 4.79 Å². The number of pyridine rings is 1. The molecule has 0 radical (unpaired) electrons. The molecule has 1 amide bonds. The molecule has 0 spiro atoms. The summed E-state index contributed by atoms with van der Waals surface area (Å²) in [5.41, 5.74) is 3.32. The standard InChI is InChI=1S/C20H23N7O2S/c1-4-26-8-6-13-15-14(21-10-25(15)3)17(23-18(13)26)24-20-22-11(2)16(30-20)19(29)27-7-5-12(28)9-27/h6,8,10,12,28H,4-5,7,9H2,1-3H3,(H,22,23,24)/t12-/m0/s1. The van der Waals surface area contributed by atoms with Crippen LogP contribution in [0, 0.1) is 6.92 Å². The van der Waals surface area contributed by atoms with Gasteiger partial charge in [0.05, 0.1) is 23.6 Å². The molecule has 9 nitrogen and oxygen atoms in total. The highest BCUT2D eigenvalue weighted by Gasteiger charge is 2.28. The minimum absolute atomic E-state index is 0.0825. The Labute approximate surface area is 177 Å². The lowest BCUT2D eigenvalue weighted by molar-refractivity contribution is 0.0768. The van der Waals surface area contributed by atoms with Gasteiger partial charge >= 0.3 is 0 Å². The van der Waals surface area contributed by atoms with Gasteiger partial charge < -0.3 is 24.5 Å². The van der Waals surface area contributed by atoms with Crippen LogP contribution in [-0.2, 0) is 13.6 Å². The highest BCUT2D eigenvalue weighted by atomic mass is 32.1. The molecule has 0 saturated carbocycles. The van der Waals surface area contributed by atoms with Gasteiger partial charge in [0.15, 0.2) is 10.9 Å². The second kappa shape index (κ2) is 7.06. The number of nitrogens with one attached hydrogen (secondary N) is 1. The van der Waals surface area contributed by atoms with Crippen molar-refractivity contribution in [2.75, 3.05) is 18.4 Å². The van der Waals surface area contributed by atoms with Crippen molar-refractivity contribution in [3.8, 4) is 0 Å². The summed E-state index contributed by atoms with van der Waals surface area (Å²) in [5, 5.41) is 14.7. The number of hydrogen-bond acceptors (Lipinski definition) is 7. The zero-order valence-electron chi connectivity index (χ0n) is 17.1. The second-order valence-corrected chi connectivity index (χ2v) is 8.60. The maximum atomic E-state index is 12.8. The lowest BCUT2D eigenvalue weighted by Crippen LogP contribution is -2.29. The van der Waals surface area contributed by atoms with Gasteiger partial charge in [0.25, 0.3) is 5.91 Å². The number of anilines is 2. The first kappa shape index (κ1) is 19.0. The number of aliphatic hydroxyl groups excluding tert-OH is 1. The number of likely N-dealkylation sites (tertiary alicyclic amines) is 1. The van der Waals surface area contributed by atoms with E-state index in [2.05, 4.69) is 32.8 Å². The third-order valence-electron chi connectivity index (χ3n) is 5.58. The molecule has 0 aromatic carbocycles. The van der Waals surface area contributed by atoms with Gasteiger partial charge in [-0.25, -0.2) is 15.0 Å². The van der Waals surface area contributed by atoms with Crippen molar-refractivity contribution >= 4 is 50.3 Å². The minimum Gasteiger partial charge on any atom is -0.391 e. The van der Waals surface area contributed by atoms with Gasteiger partial charge in [-0.15, -0.1) is 0 Å². The van der Waals surface area contributed by atoms with Crippen LogP contribution in [0.1, 0.15) is 28.7 Å². The Balaban J connectivity index is 1.53. The Kier molecular flexibility index (Phi) is 4.48. The highest BCUT2D eigenvalue weighted by Crippen LogP contribution is 2.33. The average Bonchev–Trinajstić information content (AvgIpc) is 3.48. The van der Waals surface area contributed by atoms with Gasteiger partial charge in [-0.1, -0.05) is 11.3 Å². The summed E-state index contributed by atoms with van der Waals surface area (Å²) in [7, 11) is 1.97. The molecular weight excluding hydrogens is 402 g/mol. The highest BCUT2D eigenvalue weighted by molar-refractivity contribution is 7.17. The Hall–Kier alpha value is -2.98. The van der Waals surface area contributed by atoms with E-state index in [1.807, 2.05) is 24.7 Å². The van der Waals surface area contributed by atoms with Crippen LogP contribution in [0.4, 0.5) is 10.9 Å². The molecule has 4 aromatic heterocycles. The summed E-state index contributed by atoms with van der Waals surface area (Å²) in [5.74, 6) is 0.539. The summed E-state index contributed by atoms with van der Waals surface area (Å²) in [6.07, 6.45) is 3.99. The summed E-state index contributed by atoms with van der Waals surface area (Å²) in [4.78, 5) is 29.0. The Bertz CT molecular complexity index is 1270. The smallest absolute Gasteiger partial charge is 0.266 e. The van der Waals surface area contributed by atoms with E-state index in [4.69, 9.17) is 4.98 Å². The number of amides is 1. The maximum absolute atomic E-state index is 12.8. The zero-order chi connectivity index (χ0) is 21.0. The van der Waals surface area contributed by atoms with Crippen molar-refractivity contribution < 1.29 is 9.90 Å². The fourth-order valence-corrected chi connectivity index (χ4v) is 4.95. The van der Waals surface area contributed by atoms with E-state index in [0.717, 1.165) is 28.6 Å². The van der Waals surface area contributed by atoms with E-state index in [1.165, 1.54) is 11.3 Å². The lowest BCUT2D eigenvalue weighted by Gasteiger charge is -2.14. The van der Waals surface area contributed by atoms with E-state index < -0.39 is 6.10 Å². The monoisotopic (exact) mass is 425 g/mol. The molecule has 0 bridgehead atoms. The van der Waals surface area contributed by atoms with Crippen LogP contribution in [0.3, 0.4) is 0 Å². The fraction of sp³-hybridized carbons (Fsp3) is 0.400. The van der Waals surface area contributed by atoms with Crippen LogP contribution < -0.4 is 5.32 Å². The number of aromatic nitrogens is 5. The van der Waals surface area contributed by atoms with Crippen LogP contribution in [0.25, 0.3) is 22.1 Å². The maximum Gasteiger partial charge on any atom is 0.266 e. The first-order valence-electron chi connectivity index (χ1n) is 9.98. The average molecular weight is 426 g/mol. The molecule has 1 saturated heterocycles. The third kappa shape index (κ3) is 2.94. The number of fused-ring (bicyclic) bond motifs is 3. The van der Waals surface area contributed by atoms with Gasteiger partial charge in [0.2, 0.25) is 0 Å². The molecule has 1 aliphatic rings. The second-order valence-electron chi connectivity index (χ2n) is 7.60. The number of rotatable bonds is 4. The van der Waals surface area contributed by atoms with Crippen LogP contribution in [0.2, 0.25) is 0 Å². The van der Waals surface area contributed by atoms with E-state index in [9.17, 15) is 9.90 Å². The predicted octanol–water partition coefficient (Wildman–Crippen LogP) is 2.66. The van der Waals surface area contributed by atoms with Crippen molar-refractivity contribution in [2.45, 2.75) is 32.9 Å². The molecule has 5 rings (SSSR count). The lowest BCUT2D eigenvalue weighted by atomic mass is 10.3. The molecule has 1 aliphatic heterocycles. The number of carbonyl (C=O) groups is 1. The number of aliphatic hydroxyl groups is 1. The molecule has 2 N–H and O–H groups in total. The van der Waals surface area contributed by atoms with Crippen molar-refractivity contribution in [3.63, 3.8) is 0 Å². The Morgan fingerprint density at radius 3 is 2.97 bits per heavy atom. The molecule has 156 valence electrons. The number of nitrogens with zero attached hydrogens (tertiary/aromatic N) is 6. The first-order valence-corrected chi connectivity index (χ1v) is 10.8. The van der Waals surface area contributed by atoms with Crippen LogP contribution >= 0.6 is 11.3 Å². The molecule has 5 heterocycles. The number of thiazole rings is 1. The van der Waals surface area contributed by atoms with E-state index in [-0.39, 0.29) is 5.91 Å². The van der Waals surface area contributed by atoms with Crippen molar-refractivity contribution in [1.82, 2.24) is 29.0 Å². The largest absolute Gasteiger partial charge is 0.391 e. The Morgan fingerprint density at radius 1 is 1.40 bits per heavy atom. The van der Waals surface area contributed by atoms with E-state index >= 15 is 0 Å².